The highest BCUT2D eigenvalue weighted by Gasteiger charge is 2.27. The van der Waals surface area contributed by atoms with E-state index in [2.05, 4.69) is 5.32 Å². The molecular weight excluding hydrogens is 278 g/mol. The van der Waals surface area contributed by atoms with Crippen molar-refractivity contribution < 1.29 is 19.6 Å². The molecule has 0 fully saturated rings. The zero-order valence-electron chi connectivity index (χ0n) is 12.4. The van der Waals surface area contributed by atoms with Gasteiger partial charge in [-0.05, 0) is 19.8 Å². The van der Waals surface area contributed by atoms with Crippen LogP contribution in [-0.2, 0) is 4.79 Å². The van der Waals surface area contributed by atoms with E-state index in [-0.39, 0.29) is 23.3 Å². The number of amides is 1. The zero-order valence-corrected chi connectivity index (χ0v) is 12.4. The van der Waals surface area contributed by atoms with Crippen LogP contribution in [0, 0.1) is 16.0 Å². The number of rotatable bonds is 6. The third-order valence-corrected chi connectivity index (χ3v) is 3.05. The summed E-state index contributed by atoms with van der Waals surface area (Å²) in [6.07, 6.45) is 1.27. The van der Waals surface area contributed by atoms with Crippen LogP contribution < -0.4 is 5.32 Å². The quantitative estimate of drug-likeness (QED) is 0.614. The second-order valence-electron chi connectivity index (χ2n) is 5.38. The largest absolute Gasteiger partial charge is 0.480 e. The van der Waals surface area contributed by atoms with Crippen molar-refractivity contribution in [1.29, 1.82) is 0 Å². The Morgan fingerprint density at radius 2 is 1.90 bits per heavy atom. The molecular formula is C13H19N3O5. The summed E-state index contributed by atoms with van der Waals surface area (Å²) in [7, 11) is 0. The Morgan fingerprint density at radius 3 is 2.29 bits per heavy atom. The summed E-state index contributed by atoms with van der Waals surface area (Å²) < 4.78 is 1.45. The molecule has 2 N–H and O–H groups in total. The highest BCUT2D eigenvalue weighted by Crippen LogP contribution is 2.21. The van der Waals surface area contributed by atoms with Crippen LogP contribution >= 0.6 is 0 Å². The molecule has 8 nitrogen and oxygen atoms in total. The Labute approximate surface area is 121 Å². The van der Waals surface area contributed by atoms with Crippen LogP contribution in [0.15, 0.2) is 12.3 Å². The number of carboxylic acids is 1. The lowest BCUT2D eigenvalue weighted by Crippen LogP contribution is -2.44. The molecule has 116 valence electrons. The first kappa shape index (κ1) is 16.7. The van der Waals surface area contributed by atoms with Crippen molar-refractivity contribution in [3.63, 3.8) is 0 Å². The summed E-state index contributed by atoms with van der Waals surface area (Å²) in [6.45, 7) is 6.89. The fraction of sp³-hybridized carbons (Fsp3) is 0.538. The topological polar surface area (TPSA) is 114 Å². The number of carbonyl (C=O) groups excluding carboxylic acids is 1. The molecule has 1 aromatic rings. The maximum atomic E-state index is 12.2. The van der Waals surface area contributed by atoms with Gasteiger partial charge in [-0.1, -0.05) is 13.8 Å². The maximum Gasteiger partial charge on any atom is 0.326 e. The van der Waals surface area contributed by atoms with E-state index in [1.54, 1.807) is 27.7 Å². The van der Waals surface area contributed by atoms with Gasteiger partial charge in [0.2, 0.25) is 0 Å². The van der Waals surface area contributed by atoms with Gasteiger partial charge in [0.25, 0.3) is 11.6 Å². The molecule has 0 saturated heterocycles. The van der Waals surface area contributed by atoms with Gasteiger partial charge in [0.1, 0.15) is 11.7 Å². The molecule has 0 saturated carbocycles. The second-order valence-corrected chi connectivity index (χ2v) is 5.38. The number of carbonyl (C=O) groups is 2. The van der Waals surface area contributed by atoms with E-state index in [1.807, 2.05) is 0 Å². The predicted molar refractivity (Wildman–Crippen MR) is 75.2 cm³/mol. The monoisotopic (exact) mass is 297 g/mol. The zero-order chi connectivity index (χ0) is 16.3. The number of aliphatic carboxylic acids is 1. The molecule has 0 radical (unpaired) electrons. The third kappa shape index (κ3) is 3.80. The van der Waals surface area contributed by atoms with Gasteiger partial charge in [0.05, 0.1) is 11.1 Å². The van der Waals surface area contributed by atoms with Gasteiger partial charge in [-0.3, -0.25) is 14.9 Å². The minimum absolute atomic E-state index is 0.0728. The molecule has 1 heterocycles. The SMILES string of the molecule is CC(C)[C@@H](NC(=O)c1cc([N+](=O)[O-])cn1C(C)C)C(=O)O. The van der Waals surface area contributed by atoms with Crippen LogP contribution in [-0.4, -0.2) is 32.5 Å². The Hall–Kier alpha value is -2.38. The number of nitrogens with one attached hydrogen (secondary N) is 1. The van der Waals surface area contributed by atoms with Crippen molar-refractivity contribution in [2.24, 2.45) is 5.92 Å². The highest BCUT2D eigenvalue weighted by atomic mass is 16.6. The number of nitro groups is 1. The van der Waals surface area contributed by atoms with Gasteiger partial charge in [0.15, 0.2) is 0 Å². The van der Waals surface area contributed by atoms with Crippen molar-refractivity contribution >= 4 is 17.6 Å². The van der Waals surface area contributed by atoms with Crippen molar-refractivity contribution in [3.05, 3.63) is 28.1 Å². The van der Waals surface area contributed by atoms with Gasteiger partial charge in [-0.2, -0.15) is 0 Å². The summed E-state index contributed by atoms with van der Waals surface area (Å²) in [5.41, 5.74) is -0.131. The maximum absolute atomic E-state index is 12.2. The molecule has 0 aliphatic heterocycles. The molecule has 1 rings (SSSR count). The van der Waals surface area contributed by atoms with Gasteiger partial charge in [-0.25, -0.2) is 4.79 Å². The predicted octanol–water partition coefficient (Wildman–Crippen LogP) is 1.82. The first-order valence-corrected chi connectivity index (χ1v) is 6.55. The number of carboxylic acid groups (broad SMARTS) is 1. The number of hydrogen-bond acceptors (Lipinski definition) is 4. The fourth-order valence-electron chi connectivity index (χ4n) is 1.90. The van der Waals surface area contributed by atoms with E-state index in [1.165, 1.54) is 10.8 Å². The summed E-state index contributed by atoms with van der Waals surface area (Å²) in [5, 5.41) is 22.3. The van der Waals surface area contributed by atoms with Crippen LogP contribution in [0.3, 0.4) is 0 Å². The molecule has 1 aromatic heterocycles. The van der Waals surface area contributed by atoms with Crippen molar-refractivity contribution in [3.8, 4) is 0 Å². The average molecular weight is 297 g/mol. The van der Waals surface area contributed by atoms with Crippen LogP contribution in [0.4, 0.5) is 5.69 Å². The van der Waals surface area contributed by atoms with Gasteiger partial charge in [-0.15, -0.1) is 0 Å². The van der Waals surface area contributed by atoms with E-state index >= 15 is 0 Å². The van der Waals surface area contributed by atoms with Crippen LogP contribution in [0.5, 0.6) is 0 Å². The van der Waals surface area contributed by atoms with Gasteiger partial charge < -0.3 is 15.0 Å². The molecule has 1 atom stereocenters. The summed E-state index contributed by atoms with van der Waals surface area (Å²) in [4.78, 5) is 33.5. The van der Waals surface area contributed by atoms with Crippen LogP contribution in [0.25, 0.3) is 0 Å². The molecule has 0 aliphatic rings. The van der Waals surface area contributed by atoms with E-state index in [0.29, 0.717) is 0 Å². The minimum Gasteiger partial charge on any atom is -0.480 e. The molecule has 0 bridgehead atoms. The lowest BCUT2D eigenvalue weighted by atomic mass is 10.0. The Balaban J connectivity index is 3.11. The van der Waals surface area contributed by atoms with Gasteiger partial charge >= 0.3 is 5.97 Å². The van der Waals surface area contributed by atoms with Crippen molar-refractivity contribution in [1.82, 2.24) is 9.88 Å². The first-order chi connectivity index (χ1) is 9.65. The lowest BCUT2D eigenvalue weighted by molar-refractivity contribution is -0.384. The number of aromatic nitrogens is 1. The number of nitrogens with zero attached hydrogens (tertiary/aromatic N) is 2. The van der Waals surface area contributed by atoms with E-state index < -0.39 is 22.8 Å². The minimum atomic E-state index is -1.14. The van der Waals surface area contributed by atoms with E-state index in [9.17, 15) is 19.7 Å². The fourth-order valence-corrected chi connectivity index (χ4v) is 1.90. The third-order valence-electron chi connectivity index (χ3n) is 3.05. The first-order valence-electron chi connectivity index (χ1n) is 6.55. The van der Waals surface area contributed by atoms with E-state index in [4.69, 9.17) is 5.11 Å². The average Bonchev–Trinajstić information content (AvgIpc) is 2.80. The molecule has 0 aromatic carbocycles. The second kappa shape index (κ2) is 6.38. The Kier molecular flexibility index (Phi) is 5.07. The van der Waals surface area contributed by atoms with E-state index in [0.717, 1.165) is 6.07 Å². The molecule has 8 heteroatoms. The Morgan fingerprint density at radius 1 is 1.33 bits per heavy atom. The summed E-state index contributed by atoms with van der Waals surface area (Å²) in [5.74, 6) is -2.09. The number of hydrogen-bond donors (Lipinski definition) is 2. The normalized spacial score (nSPS) is 12.5. The lowest BCUT2D eigenvalue weighted by Gasteiger charge is -2.19. The highest BCUT2D eigenvalue weighted by molar-refractivity contribution is 5.96. The van der Waals surface area contributed by atoms with Crippen LogP contribution in [0.2, 0.25) is 0 Å². The summed E-state index contributed by atoms with van der Waals surface area (Å²) >= 11 is 0. The van der Waals surface area contributed by atoms with Crippen molar-refractivity contribution in [2.75, 3.05) is 0 Å². The molecule has 1 amide bonds. The molecule has 0 unspecified atom stereocenters. The van der Waals surface area contributed by atoms with Crippen molar-refractivity contribution in [2.45, 2.75) is 39.8 Å². The smallest absolute Gasteiger partial charge is 0.326 e. The van der Waals surface area contributed by atoms with Gasteiger partial charge in [0, 0.05) is 12.1 Å². The molecule has 0 aliphatic carbocycles. The van der Waals surface area contributed by atoms with Crippen LogP contribution in [0.1, 0.15) is 44.2 Å². The summed E-state index contributed by atoms with van der Waals surface area (Å²) in [6, 6.07) is -0.0666. The molecule has 0 spiro atoms. The Bertz CT molecular complexity index is 562. The molecule has 21 heavy (non-hydrogen) atoms. The standard InChI is InChI=1S/C13H19N3O5/c1-7(2)11(13(18)19)14-12(17)10-5-9(16(20)21)6-15(10)8(3)4/h5-8,11H,1-4H3,(H,14,17)(H,18,19)/t11-/m1/s1.